The number of aryl methyl sites for hydroxylation is 2. The molecule has 1 unspecified atom stereocenters. The van der Waals surface area contributed by atoms with E-state index in [-0.39, 0.29) is 22.4 Å². The predicted molar refractivity (Wildman–Crippen MR) is 188 cm³/mol. The average molecular weight is 660 g/mol. The molecule has 1 aliphatic heterocycles. The number of hydrogen-bond donors (Lipinski definition) is 1. The fourth-order valence-corrected chi connectivity index (χ4v) is 7.97. The van der Waals surface area contributed by atoms with Crippen LogP contribution in [0.3, 0.4) is 0 Å². The molecule has 1 saturated heterocycles. The molecule has 1 aliphatic rings. The van der Waals surface area contributed by atoms with E-state index in [2.05, 4.69) is 55.2 Å². The van der Waals surface area contributed by atoms with E-state index in [4.69, 9.17) is 4.98 Å². The maximum absolute atomic E-state index is 13.9. The molecule has 4 heterocycles. The van der Waals surface area contributed by atoms with Crippen LogP contribution in [-0.4, -0.2) is 36.4 Å². The summed E-state index contributed by atoms with van der Waals surface area (Å²) < 4.78 is 2.54. The molecule has 0 aliphatic carbocycles. The first kappa shape index (κ1) is 30.8. The Hall–Kier alpha value is -4.80. The third kappa shape index (κ3) is 5.41. The van der Waals surface area contributed by atoms with Crippen LogP contribution in [0.5, 0.6) is 0 Å². The first-order valence-corrected chi connectivity index (χ1v) is 17.1. The van der Waals surface area contributed by atoms with Gasteiger partial charge in [-0.1, -0.05) is 117 Å². The number of ketones is 1. The first-order chi connectivity index (χ1) is 22.5. The van der Waals surface area contributed by atoms with Gasteiger partial charge in [-0.05, 0) is 58.4 Å². The van der Waals surface area contributed by atoms with Crippen LogP contribution in [0.15, 0.2) is 95.0 Å². The second kappa shape index (κ2) is 11.8. The molecule has 1 amide bonds. The van der Waals surface area contributed by atoms with E-state index in [1.54, 1.807) is 0 Å². The van der Waals surface area contributed by atoms with Crippen LogP contribution in [0, 0.1) is 13.8 Å². The van der Waals surface area contributed by atoms with E-state index in [0.717, 1.165) is 11.1 Å². The number of anilines is 1. The molecule has 6 aromatic rings. The molecule has 3 aromatic heterocycles. The van der Waals surface area contributed by atoms with Crippen LogP contribution in [0.1, 0.15) is 60.5 Å². The number of aromatic nitrogens is 4. The summed E-state index contributed by atoms with van der Waals surface area (Å²) in [6.45, 7) is 10.2. The highest BCUT2D eigenvalue weighted by atomic mass is 32.2. The number of fused-ring (bicyclic) bond motifs is 2. The number of Topliss-reactive ketones (excluding diaryl/α,β-unsaturated/α-hetero) is 1. The molecule has 0 radical (unpaired) electrons. The quantitative estimate of drug-likeness (QED) is 0.0633. The predicted octanol–water partition coefficient (Wildman–Crippen LogP) is 8.17. The van der Waals surface area contributed by atoms with Gasteiger partial charge in [-0.2, -0.15) is 0 Å². The summed E-state index contributed by atoms with van der Waals surface area (Å²) in [7, 11) is 0. The minimum Gasteiger partial charge on any atom is -0.505 e. The van der Waals surface area contributed by atoms with Crippen molar-refractivity contribution < 1.29 is 14.7 Å². The van der Waals surface area contributed by atoms with Crippen LogP contribution in [0.25, 0.3) is 22.2 Å². The van der Waals surface area contributed by atoms with Gasteiger partial charge >= 0.3 is 5.91 Å². The number of amides is 1. The van der Waals surface area contributed by atoms with Crippen molar-refractivity contribution in [2.45, 2.75) is 56.2 Å². The Balaban J connectivity index is 1.30. The van der Waals surface area contributed by atoms with Gasteiger partial charge in [0.25, 0.3) is 5.78 Å². The van der Waals surface area contributed by atoms with Crippen molar-refractivity contribution in [1.82, 2.24) is 19.6 Å². The van der Waals surface area contributed by atoms with Crippen molar-refractivity contribution in [3.8, 4) is 0 Å². The lowest BCUT2D eigenvalue weighted by Gasteiger charge is -2.24. The number of hydrogen-bond acceptors (Lipinski definition) is 8. The van der Waals surface area contributed by atoms with Crippen LogP contribution in [0.2, 0.25) is 0 Å². The molecule has 236 valence electrons. The summed E-state index contributed by atoms with van der Waals surface area (Å²) in [5.41, 5.74) is 5.35. The van der Waals surface area contributed by atoms with Crippen LogP contribution in [0.4, 0.5) is 5.13 Å². The van der Waals surface area contributed by atoms with Gasteiger partial charge in [-0.3, -0.25) is 14.5 Å². The van der Waals surface area contributed by atoms with Crippen LogP contribution < -0.4 is 4.90 Å². The zero-order valence-corrected chi connectivity index (χ0v) is 28.3. The van der Waals surface area contributed by atoms with E-state index in [0.29, 0.717) is 32.1 Å². The van der Waals surface area contributed by atoms with Crippen molar-refractivity contribution in [2.75, 3.05) is 4.90 Å². The average Bonchev–Trinajstić information content (AvgIpc) is 3.74. The Morgan fingerprint density at radius 1 is 0.936 bits per heavy atom. The summed E-state index contributed by atoms with van der Waals surface area (Å²) in [6.07, 6.45) is 1.86. The molecular weight excluding hydrogens is 627 g/mol. The summed E-state index contributed by atoms with van der Waals surface area (Å²) in [6, 6.07) is 25.2. The number of rotatable bonds is 6. The molecular formula is C37H33N5O3S2. The topological polar surface area (TPSA) is 101 Å². The van der Waals surface area contributed by atoms with E-state index < -0.39 is 17.7 Å². The van der Waals surface area contributed by atoms with Gasteiger partial charge in [0.2, 0.25) is 5.13 Å². The van der Waals surface area contributed by atoms with Gasteiger partial charge < -0.3 is 9.51 Å². The van der Waals surface area contributed by atoms with Crippen LogP contribution in [-0.2, 0) is 20.8 Å². The van der Waals surface area contributed by atoms with Crippen molar-refractivity contribution in [1.29, 1.82) is 0 Å². The highest BCUT2D eigenvalue weighted by molar-refractivity contribution is 8.00. The first-order valence-electron chi connectivity index (χ1n) is 15.3. The zero-order chi connectivity index (χ0) is 33.0. The summed E-state index contributed by atoms with van der Waals surface area (Å²) in [5.74, 6) is -1.21. The Bertz CT molecular complexity index is 2220. The van der Waals surface area contributed by atoms with Crippen molar-refractivity contribution in [3.05, 3.63) is 124 Å². The number of imidazole rings is 1. The number of benzene rings is 3. The third-order valence-electron chi connectivity index (χ3n) is 8.68. The fraction of sp³-hybridized carbons (Fsp3) is 0.216. The van der Waals surface area contributed by atoms with E-state index in [1.165, 1.54) is 44.3 Å². The molecule has 1 fully saturated rings. The number of thioether (sulfide) groups is 1. The normalized spacial score (nSPS) is 16.5. The lowest BCUT2D eigenvalue weighted by atomic mass is 9.85. The molecule has 8 nitrogen and oxygen atoms in total. The Morgan fingerprint density at radius 2 is 1.68 bits per heavy atom. The molecule has 10 heteroatoms. The number of nitrogens with zero attached hydrogens (tertiary/aromatic N) is 5. The number of aliphatic hydroxyl groups is 1. The second-order valence-electron chi connectivity index (χ2n) is 12.7. The van der Waals surface area contributed by atoms with Gasteiger partial charge in [0.15, 0.2) is 10.1 Å². The van der Waals surface area contributed by atoms with Gasteiger partial charge in [0, 0.05) is 11.9 Å². The Kier molecular flexibility index (Phi) is 7.72. The highest BCUT2D eigenvalue weighted by Gasteiger charge is 2.49. The lowest BCUT2D eigenvalue weighted by molar-refractivity contribution is -0.132. The summed E-state index contributed by atoms with van der Waals surface area (Å²) >= 11 is 2.78. The van der Waals surface area contributed by atoms with Crippen LogP contribution >= 0.6 is 23.1 Å². The maximum atomic E-state index is 13.9. The summed E-state index contributed by atoms with van der Waals surface area (Å²) in [5, 5.41) is 23.3. The SMILES string of the molecule is Cc1cccn2c(C)c(C(O)=C3C(=O)C(=O)N(c4nnc(SCc5cccc6ccccc56)s4)C3c3ccc(C(C)(C)C)cc3)nc12. The molecule has 47 heavy (non-hydrogen) atoms. The number of aliphatic hydroxyl groups excluding tert-OH is 1. The van der Waals surface area contributed by atoms with E-state index in [9.17, 15) is 14.7 Å². The van der Waals surface area contributed by atoms with E-state index >= 15 is 0 Å². The minimum absolute atomic E-state index is 0.0252. The Labute approximate surface area is 280 Å². The van der Waals surface area contributed by atoms with Gasteiger partial charge in [-0.25, -0.2) is 4.98 Å². The van der Waals surface area contributed by atoms with E-state index in [1.807, 2.05) is 79.0 Å². The molecule has 1 N–H and O–H groups in total. The maximum Gasteiger partial charge on any atom is 0.301 e. The third-order valence-corrected chi connectivity index (χ3v) is 10.8. The Morgan fingerprint density at radius 3 is 2.43 bits per heavy atom. The molecule has 0 saturated carbocycles. The molecule has 1 atom stereocenters. The number of carbonyl (C=O) groups excluding carboxylic acids is 2. The standard InChI is InChI=1S/C37H33N5O3S2/c1-21-10-9-19-41-22(2)29(38-33(21)41)31(43)28-30(24-15-17-26(18-16-24)37(3,4)5)42(34(45)32(28)44)35-39-40-36(47-35)46-20-25-13-8-12-23-11-6-7-14-27(23)25/h6-19,30,43H,20H2,1-5H3. The molecule has 0 bridgehead atoms. The number of carbonyl (C=O) groups is 2. The van der Waals surface area contributed by atoms with Gasteiger partial charge in [-0.15, -0.1) is 10.2 Å². The van der Waals surface area contributed by atoms with Gasteiger partial charge in [0.05, 0.1) is 17.3 Å². The largest absolute Gasteiger partial charge is 0.505 e. The monoisotopic (exact) mass is 659 g/mol. The smallest absolute Gasteiger partial charge is 0.301 e. The fourth-order valence-electron chi connectivity index (χ4n) is 6.10. The lowest BCUT2D eigenvalue weighted by Crippen LogP contribution is -2.29. The van der Waals surface area contributed by atoms with Gasteiger partial charge in [0.1, 0.15) is 11.3 Å². The summed E-state index contributed by atoms with van der Waals surface area (Å²) in [4.78, 5) is 33.8. The number of pyridine rings is 1. The molecule has 0 spiro atoms. The zero-order valence-electron chi connectivity index (χ0n) is 26.7. The highest BCUT2D eigenvalue weighted by Crippen LogP contribution is 2.45. The minimum atomic E-state index is -0.918. The van der Waals surface area contributed by atoms with Crippen molar-refractivity contribution in [2.24, 2.45) is 0 Å². The second-order valence-corrected chi connectivity index (χ2v) is 14.9. The molecule has 7 rings (SSSR count). The van der Waals surface area contributed by atoms with Crippen molar-refractivity contribution >= 4 is 62.1 Å². The van der Waals surface area contributed by atoms with Crippen molar-refractivity contribution in [3.63, 3.8) is 0 Å². The molecule has 3 aromatic carbocycles.